The molecule has 3 rings (SSSR count). The molecule has 0 spiro atoms. The summed E-state index contributed by atoms with van der Waals surface area (Å²) in [5.41, 5.74) is 1.65. The Morgan fingerprint density at radius 3 is 2.69 bits per heavy atom. The minimum Gasteiger partial charge on any atom is -0.508 e. The molecule has 2 heteroatoms. The lowest BCUT2D eigenvalue weighted by Gasteiger charge is -2.47. The Bertz CT molecular complexity index is 378. The van der Waals surface area contributed by atoms with Gasteiger partial charge in [-0.1, -0.05) is 18.6 Å². The summed E-state index contributed by atoms with van der Waals surface area (Å²) in [4.78, 5) is 0. The number of hydrogen-bond acceptors (Lipinski definition) is 2. The van der Waals surface area contributed by atoms with Crippen molar-refractivity contribution in [1.29, 1.82) is 0 Å². The Morgan fingerprint density at radius 2 is 2.12 bits per heavy atom. The van der Waals surface area contributed by atoms with Crippen LogP contribution in [0, 0.1) is 0 Å². The summed E-state index contributed by atoms with van der Waals surface area (Å²) < 4.78 is 0. The van der Waals surface area contributed by atoms with Gasteiger partial charge in [0.05, 0.1) is 0 Å². The third-order valence-electron chi connectivity index (χ3n) is 4.39. The normalized spacial score (nSPS) is 27.6. The van der Waals surface area contributed by atoms with E-state index in [2.05, 4.69) is 11.4 Å². The number of phenolic OH excluding ortho intramolecular Hbond substituents is 1. The molecule has 1 aromatic carbocycles. The van der Waals surface area contributed by atoms with Gasteiger partial charge in [-0.3, -0.25) is 0 Å². The number of hydrogen-bond donors (Lipinski definition) is 2. The van der Waals surface area contributed by atoms with Gasteiger partial charge in [0, 0.05) is 11.5 Å². The molecule has 1 aliphatic heterocycles. The highest BCUT2D eigenvalue weighted by Gasteiger charge is 2.46. The van der Waals surface area contributed by atoms with Crippen LogP contribution in [0.25, 0.3) is 0 Å². The zero-order valence-electron chi connectivity index (χ0n) is 9.58. The van der Waals surface area contributed by atoms with E-state index >= 15 is 0 Å². The third-order valence-corrected chi connectivity index (χ3v) is 4.39. The minimum atomic E-state index is 0.315. The van der Waals surface area contributed by atoms with Crippen molar-refractivity contribution in [3.63, 3.8) is 0 Å². The van der Waals surface area contributed by atoms with Gasteiger partial charge in [-0.25, -0.2) is 0 Å². The summed E-state index contributed by atoms with van der Waals surface area (Å²) in [6.45, 7) is 1.16. The fourth-order valence-corrected chi connectivity index (χ4v) is 3.37. The van der Waals surface area contributed by atoms with E-state index in [0.29, 0.717) is 17.2 Å². The highest BCUT2D eigenvalue weighted by Crippen LogP contribution is 2.48. The van der Waals surface area contributed by atoms with Crippen LogP contribution in [0.15, 0.2) is 24.3 Å². The topological polar surface area (TPSA) is 32.3 Å². The first kappa shape index (κ1) is 10.2. The molecule has 0 bridgehead atoms. The van der Waals surface area contributed by atoms with E-state index in [-0.39, 0.29) is 0 Å². The maximum Gasteiger partial charge on any atom is 0.115 e. The Hall–Kier alpha value is -1.02. The molecule has 1 aromatic rings. The predicted octanol–water partition coefficient (Wildman–Crippen LogP) is 2.57. The zero-order chi connectivity index (χ0) is 11.0. The highest BCUT2D eigenvalue weighted by molar-refractivity contribution is 5.36. The van der Waals surface area contributed by atoms with E-state index in [4.69, 9.17) is 0 Å². The van der Waals surface area contributed by atoms with Crippen LogP contribution < -0.4 is 5.32 Å². The first-order chi connectivity index (χ1) is 7.81. The summed E-state index contributed by atoms with van der Waals surface area (Å²) in [5.74, 6) is 0.404. The molecule has 16 heavy (non-hydrogen) atoms. The fraction of sp³-hybridized carbons (Fsp3) is 0.571. The molecule has 2 aliphatic rings. The third kappa shape index (κ3) is 1.44. The van der Waals surface area contributed by atoms with Gasteiger partial charge in [0.1, 0.15) is 5.75 Å². The van der Waals surface area contributed by atoms with Gasteiger partial charge < -0.3 is 10.4 Å². The number of benzene rings is 1. The van der Waals surface area contributed by atoms with Crippen molar-refractivity contribution in [2.24, 2.45) is 0 Å². The Balaban J connectivity index is 1.94. The smallest absolute Gasteiger partial charge is 0.115 e. The summed E-state index contributed by atoms with van der Waals surface area (Å²) >= 11 is 0. The largest absolute Gasteiger partial charge is 0.508 e. The van der Waals surface area contributed by atoms with E-state index in [0.717, 1.165) is 6.54 Å². The average molecular weight is 217 g/mol. The van der Waals surface area contributed by atoms with Crippen LogP contribution in [0.1, 0.15) is 37.7 Å². The highest BCUT2D eigenvalue weighted by atomic mass is 16.3. The zero-order valence-corrected chi connectivity index (χ0v) is 9.58. The molecule has 86 valence electrons. The second-order valence-corrected chi connectivity index (χ2v) is 5.21. The van der Waals surface area contributed by atoms with E-state index in [1.807, 2.05) is 12.1 Å². The Kier molecular flexibility index (Phi) is 2.40. The van der Waals surface area contributed by atoms with Gasteiger partial charge in [-0.05, 0) is 49.9 Å². The van der Waals surface area contributed by atoms with Crippen LogP contribution in [-0.2, 0) is 5.41 Å². The minimum absolute atomic E-state index is 0.315. The van der Waals surface area contributed by atoms with E-state index in [9.17, 15) is 5.11 Å². The average Bonchev–Trinajstić information content (AvgIpc) is 2.70. The van der Waals surface area contributed by atoms with Gasteiger partial charge in [-0.15, -0.1) is 0 Å². The molecule has 2 nitrogen and oxygen atoms in total. The molecule has 1 unspecified atom stereocenters. The molecule has 0 radical (unpaired) electrons. The van der Waals surface area contributed by atoms with Crippen molar-refractivity contribution in [1.82, 2.24) is 5.32 Å². The van der Waals surface area contributed by atoms with E-state index in [1.54, 1.807) is 6.07 Å². The maximum atomic E-state index is 9.62. The van der Waals surface area contributed by atoms with E-state index < -0.39 is 0 Å². The summed E-state index contributed by atoms with van der Waals surface area (Å²) in [6.07, 6.45) is 6.46. The Morgan fingerprint density at radius 1 is 1.25 bits per heavy atom. The van der Waals surface area contributed by atoms with Crippen molar-refractivity contribution in [3.8, 4) is 5.75 Å². The van der Waals surface area contributed by atoms with Crippen molar-refractivity contribution in [2.75, 3.05) is 6.54 Å². The van der Waals surface area contributed by atoms with Gasteiger partial charge in [-0.2, -0.15) is 0 Å². The van der Waals surface area contributed by atoms with Crippen molar-refractivity contribution >= 4 is 0 Å². The first-order valence-corrected chi connectivity index (χ1v) is 6.34. The van der Waals surface area contributed by atoms with Crippen LogP contribution in [-0.4, -0.2) is 17.7 Å². The quantitative estimate of drug-likeness (QED) is 0.798. The van der Waals surface area contributed by atoms with Gasteiger partial charge in [0.2, 0.25) is 0 Å². The molecule has 2 fully saturated rings. The number of rotatable bonds is 2. The van der Waals surface area contributed by atoms with Crippen LogP contribution in [0.5, 0.6) is 5.75 Å². The summed E-state index contributed by atoms with van der Waals surface area (Å²) in [5, 5.41) is 13.3. The van der Waals surface area contributed by atoms with Gasteiger partial charge in [0.25, 0.3) is 0 Å². The SMILES string of the molecule is Oc1cccc(C2(C3CCCN3)CCC2)c1. The van der Waals surface area contributed by atoms with Crippen LogP contribution in [0.2, 0.25) is 0 Å². The molecule has 0 aromatic heterocycles. The summed E-state index contributed by atoms with van der Waals surface area (Å²) in [6, 6.07) is 8.50. The number of aromatic hydroxyl groups is 1. The molecular weight excluding hydrogens is 198 g/mol. The van der Waals surface area contributed by atoms with Crippen molar-refractivity contribution in [3.05, 3.63) is 29.8 Å². The molecule has 1 heterocycles. The summed E-state index contributed by atoms with van der Waals surface area (Å²) in [7, 11) is 0. The van der Waals surface area contributed by atoms with Crippen LogP contribution in [0.3, 0.4) is 0 Å². The first-order valence-electron chi connectivity index (χ1n) is 6.34. The van der Waals surface area contributed by atoms with Crippen molar-refractivity contribution < 1.29 is 5.11 Å². The van der Waals surface area contributed by atoms with Gasteiger partial charge in [0.15, 0.2) is 0 Å². The lowest BCUT2D eigenvalue weighted by atomic mass is 9.60. The molecule has 2 N–H and O–H groups in total. The molecular formula is C14H19NO. The lowest BCUT2D eigenvalue weighted by Crippen LogP contribution is -2.50. The van der Waals surface area contributed by atoms with Crippen molar-refractivity contribution in [2.45, 2.75) is 43.6 Å². The lowest BCUT2D eigenvalue weighted by molar-refractivity contribution is 0.181. The second kappa shape index (κ2) is 3.77. The van der Waals surface area contributed by atoms with Crippen LogP contribution >= 0.6 is 0 Å². The Labute approximate surface area is 96.7 Å². The van der Waals surface area contributed by atoms with Crippen LogP contribution in [0.4, 0.5) is 0 Å². The molecule has 0 amide bonds. The number of nitrogens with one attached hydrogen (secondary N) is 1. The maximum absolute atomic E-state index is 9.62. The van der Waals surface area contributed by atoms with Gasteiger partial charge >= 0.3 is 0 Å². The monoisotopic (exact) mass is 217 g/mol. The molecule has 1 atom stereocenters. The fourth-order valence-electron chi connectivity index (χ4n) is 3.37. The molecule has 1 saturated carbocycles. The number of phenols is 1. The predicted molar refractivity (Wildman–Crippen MR) is 64.7 cm³/mol. The molecule has 1 saturated heterocycles. The standard InChI is InChI=1S/C14H19NO/c16-12-5-1-4-11(10-12)14(7-3-8-14)13-6-2-9-15-13/h1,4-5,10,13,15-16H,2-3,6-9H2. The second-order valence-electron chi connectivity index (χ2n) is 5.21. The van der Waals surface area contributed by atoms with E-state index in [1.165, 1.54) is 37.7 Å². The molecule has 1 aliphatic carbocycles.